The first kappa shape index (κ1) is 22.6. The molecule has 4 rings (SSSR count). The lowest BCUT2D eigenvalue weighted by molar-refractivity contribution is -0.118. The smallest absolute Gasteiger partial charge is 0.230 e. The average Bonchev–Trinajstić information content (AvgIpc) is 3.62. The Hall–Kier alpha value is -2.59. The Balaban J connectivity index is 1.88. The summed E-state index contributed by atoms with van der Waals surface area (Å²) in [7, 11) is 2.96. The second-order valence-corrected chi connectivity index (χ2v) is 9.15. The van der Waals surface area contributed by atoms with Gasteiger partial charge < -0.3 is 24.8 Å². The van der Waals surface area contributed by atoms with Crippen molar-refractivity contribution in [3.05, 3.63) is 33.9 Å². The highest BCUT2D eigenvalue weighted by Gasteiger charge is 2.32. The van der Waals surface area contributed by atoms with Crippen molar-refractivity contribution in [2.45, 2.75) is 31.8 Å². The minimum Gasteiger partial charge on any atom is -0.492 e. The maximum Gasteiger partial charge on any atom is 0.230 e. The number of amides is 1. The number of hydrogen-bond acceptors (Lipinski definition) is 7. The van der Waals surface area contributed by atoms with Gasteiger partial charge in [0, 0.05) is 45.0 Å². The summed E-state index contributed by atoms with van der Waals surface area (Å²) in [5.41, 5.74) is 0.248. The molecule has 8 nitrogen and oxygen atoms in total. The van der Waals surface area contributed by atoms with Crippen LogP contribution in [0.15, 0.2) is 17.1 Å². The predicted octanol–water partition coefficient (Wildman–Crippen LogP) is 1.90. The molecule has 0 radical (unpaired) electrons. The van der Waals surface area contributed by atoms with Gasteiger partial charge in [-0.15, -0.1) is 0 Å². The number of aromatic nitrogens is 1. The number of anilines is 1. The number of pyridine rings is 1. The number of halogens is 1. The summed E-state index contributed by atoms with van der Waals surface area (Å²) in [5.74, 6) is -0.636. The fourth-order valence-electron chi connectivity index (χ4n) is 4.13. The van der Waals surface area contributed by atoms with E-state index in [1.807, 2.05) is 16.4 Å². The van der Waals surface area contributed by atoms with E-state index in [1.165, 1.54) is 20.2 Å². The van der Waals surface area contributed by atoms with E-state index in [1.54, 1.807) is 6.20 Å². The molecule has 2 heterocycles. The third-order valence-corrected chi connectivity index (χ3v) is 6.75. The minimum absolute atomic E-state index is 0.0525. The summed E-state index contributed by atoms with van der Waals surface area (Å²) in [5, 5.41) is 5.40. The number of carbonyl (C=O) groups is 2. The van der Waals surface area contributed by atoms with E-state index >= 15 is 4.39 Å². The van der Waals surface area contributed by atoms with Crippen LogP contribution < -0.4 is 25.7 Å². The highest BCUT2D eigenvalue weighted by Crippen LogP contribution is 2.44. The van der Waals surface area contributed by atoms with E-state index < -0.39 is 16.4 Å². The van der Waals surface area contributed by atoms with Crippen molar-refractivity contribution in [3.63, 3.8) is 0 Å². The van der Waals surface area contributed by atoms with E-state index in [-0.39, 0.29) is 34.7 Å². The molecule has 2 N–H and O–H groups in total. The predicted molar refractivity (Wildman–Crippen MR) is 124 cm³/mol. The Morgan fingerprint density at radius 2 is 2.12 bits per heavy atom. The van der Waals surface area contributed by atoms with Crippen LogP contribution in [0.3, 0.4) is 0 Å². The molecule has 0 spiro atoms. The number of fused-ring (bicyclic) bond motifs is 1. The number of thioether (sulfide) groups is 1. The zero-order valence-corrected chi connectivity index (χ0v) is 19.2. The van der Waals surface area contributed by atoms with E-state index in [2.05, 4.69) is 10.6 Å². The maximum atomic E-state index is 15.4. The zero-order chi connectivity index (χ0) is 23.0. The number of nitrogens with one attached hydrogen (secondary N) is 2. The third-order valence-electron chi connectivity index (χ3n) is 5.86. The third kappa shape index (κ3) is 4.21. The molecule has 2 fully saturated rings. The standard InChI is InChI=1S/C22H27FN4O4S/c1-12-9-26(7-6-25-12)19-16(23)8-14-18(21(19)31-3)27(13-4-5-13)10-15(20(14)29)22(30)32-11-17(28)24-2/h8,10,12-13,25H,4-7,9,11H2,1-3H3,(H,24,28). The first-order valence-electron chi connectivity index (χ1n) is 10.7. The number of rotatable bonds is 6. The summed E-state index contributed by atoms with van der Waals surface area (Å²) in [6, 6.07) is 1.52. The van der Waals surface area contributed by atoms with Crippen LogP contribution in [-0.2, 0) is 4.79 Å². The van der Waals surface area contributed by atoms with Gasteiger partial charge in [-0.05, 0) is 25.8 Å². The Morgan fingerprint density at radius 1 is 1.38 bits per heavy atom. The molecule has 1 atom stereocenters. The molecule has 1 aliphatic carbocycles. The van der Waals surface area contributed by atoms with Crippen LogP contribution in [0.1, 0.15) is 36.2 Å². The molecule has 1 saturated carbocycles. The fourth-order valence-corrected chi connectivity index (χ4v) is 4.84. The highest BCUT2D eigenvalue weighted by atomic mass is 32.2. The topological polar surface area (TPSA) is 92.7 Å². The van der Waals surface area contributed by atoms with Crippen LogP contribution in [-0.4, -0.2) is 61.2 Å². The van der Waals surface area contributed by atoms with Gasteiger partial charge in [-0.3, -0.25) is 14.4 Å². The molecule has 1 amide bonds. The number of nitrogens with zero attached hydrogens (tertiary/aromatic N) is 2. The summed E-state index contributed by atoms with van der Waals surface area (Å²) in [4.78, 5) is 39.5. The molecule has 0 bridgehead atoms. The van der Waals surface area contributed by atoms with Crippen molar-refractivity contribution in [3.8, 4) is 5.75 Å². The number of piperazine rings is 1. The second-order valence-electron chi connectivity index (χ2n) is 8.20. The molecule has 32 heavy (non-hydrogen) atoms. The molecule has 10 heteroatoms. The Bertz CT molecular complexity index is 1130. The van der Waals surface area contributed by atoms with Crippen LogP contribution in [0.5, 0.6) is 5.75 Å². The molecule has 1 aliphatic heterocycles. The molecule has 1 unspecified atom stereocenters. The lowest BCUT2D eigenvalue weighted by atomic mass is 10.1. The highest BCUT2D eigenvalue weighted by molar-refractivity contribution is 8.14. The minimum atomic E-state index is -0.552. The summed E-state index contributed by atoms with van der Waals surface area (Å²) in [6.45, 7) is 3.97. The zero-order valence-electron chi connectivity index (χ0n) is 18.4. The monoisotopic (exact) mass is 462 g/mol. The number of ether oxygens (including phenoxy) is 1. The number of hydrogen-bond donors (Lipinski definition) is 2. The van der Waals surface area contributed by atoms with Crippen LogP contribution in [0.25, 0.3) is 10.9 Å². The summed E-state index contributed by atoms with van der Waals surface area (Å²) >= 11 is 0.762. The van der Waals surface area contributed by atoms with Gasteiger partial charge in [0.15, 0.2) is 11.6 Å². The first-order chi connectivity index (χ1) is 15.3. The molecule has 1 aromatic carbocycles. The van der Waals surface area contributed by atoms with Crippen molar-refractivity contribution in [2.75, 3.05) is 44.4 Å². The first-order valence-corrected chi connectivity index (χ1v) is 11.7. The van der Waals surface area contributed by atoms with Gasteiger partial charge in [-0.2, -0.15) is 0 Å². The van der Waals surface area contributed by atoms with E-state index in [4.69, 9.17) is 4.74 Å². The lowest BCUT2D eigenvalue weighted by Crippen LogP contribution is -2.49. The summed E-state index contributed by atoms with van der Waals surface area (Å²) < 4.78 is 23.0. The molecular formula is C22H27FN4O4S. The van der Waals surface area contributed by atoms with Gasteiger partial charge >= 0.3 is 0 Å². The normalized spacial score (nSPS) is 18.6. The van der Waals surface area contributed by atoms with Gasteiger partial charge in [0.05, 0.1) is 29.3 Å². The van der Waals surface area contributed by atoms with Crippen molar-refractivity contribution >= 4 is 39.4 Å². The van der Waals surface area contributed by atoms with E-state index in [9.17, 15) is 14.4 Å². The van der Waals surface area contributed by atoms with Crippen molar-refractivity contribution < 1.29 is 18.7 Å². The van der Waals surface area contributed by atoms with Crippen molar-refractivity contribution in [1.82, 2.24) is 15.2 Å². The number of methoxy groups -OCH3 is 1. The number of benzene rings is 1. The lowest BCUT2D eigenvalue weighted by Gasteiger charge is -2.35. The Morgan fingerprint density at radius 3 is 2.75 bits per heavy atom. The number of carbonyl (C=O) groups excluding carboxylic acids is 2. The SMILES string of the molecule is CNC(=O)CSC(=O)c1cn(C2CC2)c2c(OC)c(N3CCNC(C)C3)c(F)cc2c1=O. The largest absolute Gasteiger partial charge is 0.492 e. The molecule has 1 saturated heterocycles. The quantitative estimate of drug-likeness (QED) is 0.677. The van der Waals surface area contributed by atoms with Crippen molar-refractivity contribution in [1.29, 1.82) is 0 Å². The fraction of sp³-hybridized carbons (Fsp3) is 0.500. The molecular weight excluding hydrogens is 435 g/mol. The molecule has 1 aromatic heterocycles. The van der Waals surface area contributed by atoms with Gasteiger partial charge in [-0.25, -0.2) is 4.39 Å². The van der Waals surface area contributed by atoms with Crippen LogP contribution >= 0.6 is 11.8 Å². The van der Waals surface area contributed by atoms with Crippen molar-refractivity contribution in [2.24, 2.45) is 0 Å². The Labute approximate surface area is 189 Å². The van der Waals surface area contributed by atoms with Crippen LogP contribution in [0, 0.1) is 5.82 Å². The molecule has 2 aromatic rings. The average molecular weight is 463 g/mol. The van der Waals surface area contributed by atoms with Crippen LogP contribution in [0.2, 0.25) is 0 Å². The Kier molecular flexibility index (Phi) is 6.43. The van der Waals surface area contributed by atoms with Gasteiger partial charge in [0.1, 0.15) is 5.69 Å². The summed E-state index contributed by atoms with van der Waals surface area (Å²) in [6.07, 6.45) is 3.35. The maximum absolute atomic E-state index is 15.4. The van der Waals surface area contributed by atoms with E-state index in [0.717, 1.165) is 24.6 Å². The second kappa shape index (κ2) is 9.11. The van der Waals surface area contributed by atoms with Crippen LogP contribution in [0.4, 0.5) is 10.1 Å². The van der Waals surface area contributed by atoms with Gasteiger partial charge in [-0.1, -0.05) is 11.8 Å². The van der Waals surface area contributed by atoms with E-state index in [0.29, 0.717) is 36.6 Å². The van der Waals surface area contributed by atoms with Gasteiger partial charge in [0.25, 0.3) is 0 Å². The molecule has 172 valence electrons. The molecule has 2 aliphatic rings. The van der Waals surface area contributed by atoms with Gasteiger partial charge in [0.2, 0.25) is 16.5 Å².